The van der Waals surface area contributed by atoms with Gasteiger partial charge >= 0.3 is 0 Å². The minimum Gasteiger partial charge on any atom is -0.382 e. The number of rotatable bonds is 1. The molecular weight excluding hydrogens is 234 g/mol. The van der Waals surface area contributed by atoms with Crippen molar-refractivity contribution < 1.29 is 0 Å². The third-order valence-corrected chi connectivity index (χ3v) is 1.83. The lowest BCUT2D eigenvalue weighted by atomic mass is 10.6. The maximum atomic E-state index is 5.45. The molecule has 66 valence electrons. The summed E-state index contributed by atoms with van der Waals surface area (Å²) >= 11 is 3.24. The molecule has 0 aliphatic carbocycles. The van der Waals surface area contributed by atoms with Gasteiger partial charge in [-0.1, -0.05) is 0 Å². The minimum absolute atomic E-state index is 0.450. The smallest absolute Gasteiger partial charge is 0.250 e. The molecule has 0 atom stereocenters. The van der Waals surface area contributed by atoms with E-state index in [-0.39, 0.29) is 0 Å². The summed E-state index contributed by atoms with van der Waals surface area (Å²) in [6.07, 6.45) is 5.01. The molecule has 0 aliphatic rings. The summed E-state index contributed by atoms with van der Waals surface area (Å²) in [6.45, 7) is 0. The van der Waals surface area contributed by atoms with Crippen LogP contribution in [-0.2, 0) is 0 Å². The van der Waals surface area contributed by atoms with Gasteiger partial charge in [0.25, 0.3) is 5.95 Å². The molecule has 0 amide bonds. The Balaban J connectivity index is 2.41. The molecule has 0 saturated heterocycles. The van der Waals surface area contributed by atoms with Crippen LogP contribution in [0.5, 0.6) is 0 Å². The van der Waals surface area contributed by atoms with Crippen LogP contribution in [0.2, 0.25) is 0 Å². The van der Waals surface area contributed by atoms with Crippen LogP contribution in [0.4, 0.5) is 5.82 Å². The lowest BCUT2D eigenvalue weighted by Crippen LogP contribution is -2.01. The van der Waals surface area contributed by atoms with E-state index in [0.717, 1.165) is 4.47 Å². The average Bonchev–Trinajstić information content (AvgIpc) is 2.53. The summed E-state index contributed by atoms with van der Waals surface area (Å²) in [5.41, 5.74) is 5.45. The van der Waals surface area contributed by atoms with Crippen LogP contribution >= 0.6 is 15.9 Å². The molecule has 13 heavy (non-hydrogen) atoms. The van der Waals surface area contributed by atoms with E-state index in [2.05, 4.69) is 31.0 Å². The van der Waals surface area contributed by atoms with Crippen LogP contribution in [0.3, 0.4) is 0 Å². The summed E-state index contributed by atoms with van der Waals surface area (Å²) in [5, 5.41) is 3.96. The van der Waals surface area contributed by atoms with Gasteiger partial charge in [-0.25, -0.2) is 14.6 Å². The number of nitrogen functional groups attached to an aromatic ring is 1. The molecule has 0 saturated carbocycles. The molecule has 0 aromatic carbocycles. The van der Waals surface area contributed by atoms with E-state index in [1.54, 1.807) is 24.7 Å². The molecular formula is C7H6BrN5. The van der Waals surface area contributed by atoms with Gasteiger partial charge in [0.05, 0.1) is 4.47 Å². The Bertz CT molecular complexity index is 407. The van der Waals surface area contributed by atoms with Gasteiger partial charge in [-0.2, -0.15) is 0 Å². The van der Waals surface area contributed by atoms with Gasteiger partial charge in [-0.15, -0.1) is 5.10 Å². The fraction of sp³-hybridized carbons (Fsp3) is 0. The lowest BCUT2D eigenvalue weighted by molar-refractivity contribution is 0.810. The standard InChI is InChI=1S/C7H6BrN5/c8-5-3-10-7(11-4-5)13-2-1-6(9)12-13/h1-4H,(H2,9,12). The Morgan fingerprint density at radius 1 is 1.31 bits per heavy atom. The van der Waals surface area contributed by atoms with Crippen molar-refractivity contribution in [3.05, 3.63) is 29.1 Å². The summed E-state index contributed by atoms with van der Waals surface area (Å²) < 4.78 is 2.35. The van der Waals surface area contributed by atoms with E-state index in [0.29, 0.717) is 11.8 Å². The van der Waals surface area contributed by atoms with Gasteiger partial charge in [-0.05, 0) is 15.9 Å². The zero-order valence-electron chi connectivity index (χ0n) is 6.55. The van der Waals surface area contributed by atoms with Crippen LogP contribution < -0.4 is 5.73 Å². The van der Waals surface area contributed by atoms with Crippen molar-refractivity contribution in [1.29, 1.82) is 0 Å². The molecule has 2 rings (SSSR count). The maximum Gasteiger partial charge on any atom is 0.250 e. The van der Waals surface area contributed by atoms with Crippen LogP contribution in [0.15, 0.2) is 29.1 Å². The molecule has 0 unspecified atom stereocenters. The molecule has 0 aliphatic heterocycles. The third kappa shape index (κ3) is 1.67. The van der Waals surface area contributed by atoms with Gasteiger partial charge in [0.2, 0.25) is 0 Å². The molecule has 6 heteroatoms. The first-order valence-corrected chi connectivity index (χ1v) is 4.34. The zero-order chi connectivity index (χ0) is 9.26. The number of hydrogen-bond acceptors (Lipinski definition) is 4. The highest BCUT2D eigenvalue weighted by Gasteiger charge is 2.00. The second-order valence-corrected chi connectivity index (χ2v) is 3.30. The van der Waals surface area contributed by atoms with Crippen LogP contribution in [0.1, 0.15) is 0 Å². The Hall–Kier alpha value is -1.43. The Kier molecular flexibility index (Phi) is 1.97. The highest BCUT2D eigenvalue weighted by atomic mass is 79.9. The normalized spacial score (nSPS) is 10.2. The molecule has 0 bridgehead atoms. The van der Waals surface area contributed by atoms with E-state index in [1.807, 2.05) is 0 Å². The van der Waals surface area contributed by atoms with Gasteiger partial charge in [0.15, 0.2) is 0 Å². The van der Waals surface area contributed by atoms with Gasteiger partial charge in [0.1, 0.15) is 5.82 Å². The SMILES string of the molecule is Nc1ccn(-c2ncc(Br)cn2)n1. The Morgan fingerprint density at radius 2 is 2.00 bits per heavy atom. The Morgan fingerprint density at radius 3 is 2.54 bits per heavy atom. The van der Waals surface area contributed by atoms with Crippen molar-refractivity contribution in [3.63, 3.8) is 0 Å². The number of halogens is 1. The zero-order valence-corrected chi connectivity index (χ0v) is 8.14. The topological polar surface area (TPSA) is 69.6 Å². The van der Waals surface area contributed by atoms with Gasteiger partial charge < -0.3 is 5.73 Å². The fourth-order valence-electron chi connectivity index (χ4n) is 0.873. The van der Waals surface area contributed by atoms with Gasteiger partial charge in [-0.3, -0.25) is 0 Å². The second-order valence-electron chi connectivity index (χ2n) is 2.39. The van der Waals surface area contributed by atoms with Gasteiger partial charge in [0, 0.05) is 24.7 Å². The van der Waals surface area contributed by atoms with E-state index < -0.39 is 0 Å². The molecule has 2 N–H and O–H groups in total. The van der Waals surface area contributed by atoms with Crippen LogP contribution in [-0.4, -0.2) is 19.7 Å². The summed E-state index contributed by atoms with van der Waals surface area (Å²) in [4.78, 5) is 8.10. The predicted octanol–water partition coefficient (Wildman–Crippen LogP) is 1.01. The number of nitrogens with zero attached hydrogens (tertiary/aromatic N) is 4. The van der Waals surface area contributed by atoms with E-state index in [1.165, 1.54) is 4.68 Å². The van der Waals surface area contributed by atoms with Crippen molar-refractivity contribution in [2.24, 2.45) is 0 Å². The third-order valence-electron chi connectivity index (χ3n) is 1.42. The number of aromatic nitrogens is 4. The maximum absolute atomic E-state index is 5.45. The molecule has 2 aromatic rings. The highest BCUT2D eigenvalue weighted by molar-refractivity contribution is 9.10. The summed E-state index contributed by atoms with van der Waals surface area (Å²) in [6, 6.07) is 1.69. The van der Waals surface area contributed by atoms with E-state index in [9.17, 15) is 0 Å². The first kappa shape index (κ1) is 8.18. The molecule has 5 nitrogen and oxygen atoms in total. The van der Waals surface area contributed by atoms with Crippen molar-refractivity contribution in [3.8, 4) is 5.95 Å². The average molecular weight is 240 g/mol. The van der Waals surface area contributed by atoms with Crippen molar-refractivity contribution in [2.45, 2.75) is 0 Å². The number of anilines is 1. The monoisotopic (exact) mass is 239 g/mol. The van der Waals surface area contributed by atoms with Crippen molar-refractivity contribution in [1.82, 2.24) is 19.7 Å². The largest absolute Gasteiger partial charge is 0.382 e. The molecule has 0 radical (unpaired) electrons. The lowest BCUT2D eigenvalue weighted by Gasteiger charge is -1.97. The Labute approximate surface area is 82.7 Å². The first-order chi connectivity index (χ1) is 6.25. The molecule has 0 spiro atoms. The van der Waals surface area contributed by atoms with Crippen LogP contribution in [0, 0.1) is 0 Å². The summed E-state index contributed by atoms with van der Waals surface area (Å²) in [7, 11) is 0. The molecule has 2 aromatic heterocycles. The van der Waals surface area contributed by atoms with Crippen molar-refractivity contribution >= 4 is 21.7 Å². The van der Waals surface area contributed by atoms with Crippen LogP contribution in [0.25, 0.3) is 5.95 Å². The van der Waals surface area contributed by atoms with Crippen molar-refractivity contribution in [2.75, 3.05) is 5.73 Å². The molecule has 0 fully saturated rings. The predicted molar refractivity (Wildman–Crippen MR) is 51.3 cm³/mol. The fourth-order valence-corrected chi connectivity index (χ4v) is 1.08. The quantitative estimate of drug-likeness (QED) is 0.807. The van der Waals surface area contributed by atoms with E-state index >= 15 is 0 Å². The first-order valence-electron chi connectivity index (χ1n) is 3.55. The highest BCUT2D eigenvalue weighted by Crippen LogP contribution is 2.07. The van der Waals surface area contributed by atoms with E-state index in [4.69, 9.17) is 5.73 Å². The summed E-state index contributed by atoms with van der Waals surface area (Å²) in [5.74, 6) is 0.950. The second kappa shape index (κ2) is 3.14. The number of nitrogens with two attached hydrogens (primary N) is 1. The minimum atomic E-state index is 0.450. The number of hydrogen-bond donors (Lipinski definition) is 1. The molecule has 2 heterocycles.